The smallest absolute Gasteiger partial charge is 0.243 e. The number of hydrogen-bond donors (Lipinski definition) is 0. The monoisotopic (exact) mass is 339 g/mol. The van der Waals surface area contributed by atoms with E-state index >= 15 is 0 Å². The molecule has 23 heavy (non-hydrogen) atoms. The first-order valence-electron chi connectivity index (χ1n) is 6.81. The molecule has 0 aliphatic rings. The Morgan fingerprint density at radius 2 is 1.74 bits per heavy atom. The van der Waals surface area contributed by atoms with E-state index in [0.717, 1.165) is 15.9 Å². The Bertz CT molecular complexity index is 792. The molecule has 0 saturated heterocycles. The summed E-state index contributed by atoms with van der Waals surface area (Å²) in [6.45, 7) is 0.124. The molecule has 2 rings (SSSR count). The van der Waals surface area contributed by atoms with Gasteiger partial charge in [-0.25, -0.2) is 12.8 Å². The highest BCUT2D eigenvalue weighted by atomic mass is 32.2. The maximum absolute atomic E-state index is 13.3. The molecule has 7 heteroatoms. The van der Waals surface area contributed by atoms with E-state index in [2.05, 4.69) is 0 Å². The lowest BCUT2D eigenvalue weighted by Crippen LogP contribution is -2.26. The van der Waals surface area contributed by atoms with E-state index < -0.39 is 15.8 Å². The quantitative estimate of drug-likeness (QED) is 0.812. The zero-order chi connectivity index (χ0) is 17.0. The summed E-state index contributed by atoms with van der Waals surface area (Å²) in [5, 5.41) is 0. The lowest BCUT2D eigenvalue weighted by molar-refractivity contribution is 0.354. The first kappa shape index (κ1) is 17.2. The molecule has 0 radical (unpaired) electrons. The zero-order valence-corrected chi connectivity index (χ0v) is 13.9. The molecule has 0 N–H and O–H groups in total. The summed E-state index contributed by atoms with van der Waals surface area (Å²) in [7, 11) is 0.702. The number of benzene rings is 2. The normalized spacial score (nSPS) is 11.5. The van der Waals surface area contributed by atoms with E-state index in [1.807, 2.05) is 0 Å². The predicted molar refractivity (Wildman–Crippen MR) is 84.6 cm³/mol. The van der Waals surface area contributed by atoms with Gasteiger partial charge in [-0.3, -0.25) is 0 Å². The van der Waals surface area contributed by atoms with Gasteiger partial charge in [-0.05, 0) is 35.9 Å². The van der Waals surface area contributed by atoms with E-state index in [-0.39, 0.29) is 11.4 Å². The first-order chi connectivity index (χ1) is 10.9. The van der Waals surface area contributed by atoms with Crippen LogP contribution in [0, 0.1) is 5.82 Å². The average molecular weight is 339 g/mol. The molecule has 0 aliphatic heterocycles. The largest absolute Gasteiger partial charge is 0.493 e. The van der Waals surface area contributed by atoms with Gasteiger partial charge in [0.25, 0.3) is 0 Å². The van der Waals surface area contributed by atoms with Gasteiger partial charge >= 0.3 is 0 Å². The summed E-state index contributed by atoms with van der Waals surface area (Å²) in [5.41, 5.74) is 0.727. The second-order valence-electron chi connectivity index (χ2n) is 4.91. The lowest BCUT2D eigenvalue weighted by atomic mass is 10.2. The number of rotatable bonds is 6. The maximum atomic E-state index is 13.3. The number of hydrogen-bond acceptors (Lipinski definition) is 4. The SMILES string of the molecule is COc1ccc(CN(C)S(=O)(=O)c2cccc(F)c2)cc1OC. The Labute approximate surface area is 135 Å². The Morgan fingerprint density at radius 3 is 2.35 bits per heavy atom. The van der Waals surface area contributed by atoms with Crippen LogP contribution < -0.4 is 9.47 Å². The fourth-order valence-electron chi connectivity index (χ4n) is 2.13. The Hall–Kier alpha value is -2.12. The molecule has 0 spiro atoms. The molecule has 2 aromatic rings. The van der Waals surface area contributed by atoms with Crippen molar-refractivity contribution in [2.24, 2.45) is 0 Å². The standard InChI is InChI=1S/C16H18FNO4S/c1-18(23(19,20)14-6-4-5-13(17)10-14)11-12-7-8-15(21-2)16(9-12)22-3/h4-10H,11H2,1-3H3. The number of halogens is 1. The third-order valence-electron chi connectivity index (χ3n) is 3.36. The zero-order valence-electron chi connectivity index (χ0n) is 13.1. The van der Waals surface area contributed by atoms with Gasteiger partial charge in [-0.2, -0.15) is 4.31 Å². The van der Waals surface area contributed by atoms with Crippen LogP contribution in [0.4, 0.5) is 4.39 Å². The summed E-state index contributed by atoms with van der Waals surface area (Å²) in [6, 6.07) is 10.1. The van der Waals surface area contributed by atoms with Crippen LogP contribution in [0.5, 0.6) is 11.5 Å². The van der Waals surface area contributed by atoms with Crippen molar-refractivity contribution in [1.29, 1.82) is 0 Å². The highest BCUT2D eigenvalue weighted by molar-refractivity contribution is 7.89. The Kier molecular flexibility index (Phi) is 5.23. The Morgan fingerprint density at radius 1 is 1.04 bits per heavy atom. The third kappa shape index (κ3) is 3.80. The van der Waals surface area contributed by atoms with Crippen LogP contribution in [0.3, 0.4) is 0 Å². The fourth-order valence-corrected chi connectivity index (χ4v) is 3.32. The number of ether oxygens (including phenoxy) is 2. The van der Waals surface area contributed by atoms with E-state index in [9.17, 15) is 12.8 Å². The molecule has 0 amide bonds. The van der Waals surface area contributed by atoms with Crippen LogP contribution in [-0.2, 0) is 16.6 Å². The van der Waals surface area contributed by atoms with Crippen molar-refractivity contribution in [3.8, 4) is 11.5 Å². The van der Waals surface area contributed by atoms with Crippen LogP contribution in [0.1, 0.15) is 5.56 Å². The van der Waals surface area contributed by atoms with Gasteiger partial charge in [0.2, 0.25) is 10.0 Å². The second kappa shape index (κ2) is 6.97. The van der Waals surface area contributed by atoms with Crippen LogP contribution in [0.15, 0.2) is 47.4 Å². The van der Waals surface area contributed by atoms with Crippen LogP contribution in [0.2, 0.25) is 0 Å². The van der Waals surface area contributed by atoms with Crippen molar-refractivity contribution in [3.63, 3.8) is 0 Å². The summed E-state index contributed by atoms with van der Waals surface area (Å²) in [4.78, 5) is -0.0829. The summed E-state index contributed by atoms with van der Waals surface area (Å²) < 4.78 is 49.7. The molecule has 124 valence electrons. The first-order valence-corrected chi connectivity index (χ1v) is 8.25. The molecule has 2 aromatic carbocycles. The number of sulfonamides is 1. The molecule has 0 aliphatic carbocycles. The van der Waals surface area contributed by atoms with Gasteiger partial charge in [-0.1, -0.05) is 12.1 Å². The molecule has 0 aromatic heterocycles. The average Bonchev–Trinajstić information content (AvgIpc) is 2.54. The van der Waals surface area contributed by atoms with E-state index in [4.69, 9.17) is 9.47 Å². The van der Waals surface area contributed by atoms with Crippen molar-refractivity contribution in [3.05, 3.63) is 53.8 Å². The molecule has 0 atom stereocenters. The molecular weight excluding hydrogens is 321 g/mol. The molecule has 0 heterocycles. The molecule has 0 unspecified atom stereocenters. The van der Waals surface area contributed by atoms with Crippen molar-refractivity contribution in [1.82, 2.24) is 4.31 Å². The molecule has 0 fully saturated rings. The van der Waals surface area contributed by atoms with Gasteiger partial charge in [0, 0.05) is 13.6 Å². The minimum absolute atomic E-state index is 0.0829. The van der Waals surface area contributed by atoms with Crippen LogP contribution in [-0.4, -0.2) is 34.0 Å². The van der Waals surface area contributed by atoms with E-state index in [1.165, 1.54) is 39.5 Å². The predicted octanol–water partition coefficient (Wildman–Crippen LogP) is 2.66. The van der Waals surface area contributed by atoms with Gasteiger partial charge in [0.15, 0.2) is 11.5 Å². The summed E-state index contributed by atoms with van der Waals surface area (Å²) in [5.74, 6) is 0.485. The molecule has 0 saturated carbocycles. The van der Waals surface area contributed by atoms with Crippen LogP contribution >= 0.6 is 0 Å². The van der Waals surface area contributed by atoms with Crippen molar-refractivity contribution in [2.45, 2.75) is 11.4 Å². The Balaban J connectivity index is 2.26. The summed E-state index contributed by atoms with van der Waals surface area (Å²) >= 11 is 0. The fraction of sp³-hybridized carbons (Fsp3) is 0.250. The highest BCUT2D eigenvalue weighted by Gasteiger charge is 2.21. The maximum Gasteiger partial charge on any atom is 0.243 e. The number of methoxy groups -OCH3 is 2. The minimum atomic E-state index is -3.77. The summed E-state index contributed by atoms with van der Waals surface area (Å²) in [6.07, 6.45) is 0. The minimum Gasteiger partial charge on any atom is -0.493 e. The molecule has 5 nitrogen and oxygen atoms in total. The van der Waals surface area contributed by atoms with E-state index in [0.29, 0.717) is 11.5 Å². The van der Waals surface area contributed by atoms with E-state index in [1.54, 1.807) is 18.2 Å². The van der Waals surface area contributed by atoms with Crippen molar-refractivity contribution < 1.29 is 22.3 Å². The van der Waals surface area contributed by atoms with Crippen molar-refractivity contribution >= 4 is 10.0 Å². The topological polar surface area (TPSA) is 55.8 Å². The van der Waals surface area contributed by atoms with Gasteiger partial charge in [0.05, 0.1) is 19.1 Å². The third-order valence-corrected chi connectivity index (χ3v) is 5.16. The van der Waals surface area contributed by atoms with Gasteiger partial charge < -0.3 is 9.47 Å². The van der Waals surface area contributed by atoms with Crippen molar-refractivity contribution in [2.75, 3.05) is 21.3 Å². The van der Waals surface area contributed by atoms with Crippen LogP contribution in [0.25, 0.3) is 0 Å². The van der Waals surface area contributed by atoms with Gasteiger partial charge in [-0.15, -0.1) is 0 Å². The molecule has 0 bridgehead atoms. The highest BCUT2D eigenvalue weighted by Crippen LogP contribution is 2.28. The second-order valence-corrected chi connectivity index (χ2v) is 6.95. The lowest BCUT2D eigenvalue weighted by Gasteiger charge is -2.18. The number of nitrogens with zero attached hydrogens (tertiary/aromatic N) is 1. The van der Waals surface area contributed by atoms with Gasteiger partial charge in [0.1, 0.15) is 5.82 Å². The molecular formula is C16H18FNO4S.